The Balaban J connectivity index is 0.00000264. The van der Waals surface area contributed by atoms with Crippen LogP contribution in [-0.2, 0) is 4.79 Å². The van der Waals surface area contributed by atoms with Gasteiger partial charge in [-0.15, -0.1) is 12.4 Å². The number of hydrogen-bond donors (Lipinski definition) is 3. The molecule has 1 aliphatic heterocycles. The molecule has 3 N–H and O–H groups in total. The molecule has 0 unspecified atom stereocenters. The number of benzene rings is 1. The van der Waals surface area contributed by atoms with Crippen molar-refractivity contribution in [1.29, 1.82) is 0 Å². The zero-order valence-corrected chi connectivity index (χ0v) is 14.6. The molecule has 0 spiro atoms. The highest BCUT2D eigenvalue weighted by Crippen LogP contribution is 2.13. The first-order valence-corrected chi connectivity index (χ1v) is 7.58. The van der Waals surface area contributed by atoms with E-state index in [1.807, 2.05) is 32.0 Å². The summed E-state index contributed by atoms with van der Waals surface area (Å²) in [5, 5.41) is 8.34. The summed E-state index contributed by atoms with van der Waals surface area (Å²) < 4.78 is 0. The maximum atomic E-state index is 11.9. The molecular formula is C16H25ClN4O2. The molecule has 1 fully saturated rings. The fourth-order valence-electron chi connectivity index (χ4n) is 2.45. The maximum Gasteiger partial charge on any atom is 0.325 e. The molecule has 1 heterocycles. The standard InChI is InChI=1S/C16H24N4O2.ClH/c1-11-4-5-14(8-12(11)2)18-16(22)19-15(21)10-20-7-6-17-9-13(20)3;/h4-5,8,13,17H,6-7,9-10H2,1-3H3,(H2,18,19,21,22);1H/t13-;/m1./s1. The number of amides is 3. The van der Waals surface area contributed by atoms with Gasteiger partial charge < -0.3 is 10.6 Å². The predicted octanol–water partition coefficient (Wildman–Crippen LogP) is 1.67. The molecule has 6 nitrogen and oxygen atoms in total. The van der Waals surface area contributed by atoms with Crippen molar-refractivity contribution in [3.8, 4) is 0 Å². The molecule has 1 saturated heterocycles. The highest BCUT2D eigenvalue weighted by molar-refractivity contribution is 6.01. The summed E-state index contributed by atoms with van der Waals surface area (Å²) in [4.78, 5) is 25.9. The number of halogens is 1. The Labute approximate surface area is 143 Å². The summed E-state index contributed by atoms with van der Waals surface area (Å²) in [6.45, 7) is 8.84. The minimum atomic E-state index is -0.490. The number of carbonyl (C=O) groups is 2. The van der Waals surface area contributed by atoms with Crippen LogP contribution < -0.4 is 16.0 Å². The number of urea groups is 1. The van der Waals surface area contributed by atoms with Crippen molar-refractivity contribution in [2.45, 2.75) is 26.8 Å². The highest BCUT2D eigenvalue weighted by Gasteiger charge is 2.21. The highest BCUT2D eigenvalue weighted by atomic mass is 35.5. The van der Waals surface area contributed by atoms with E-state index in [-0.39, 0.29) is 24.9 Å². The Morgan fingerprint density at radius 1 is 1.30 bits per heavy atom. The maximum absolute atomic E-state index is 11.9. The molecule has 1 atom stereocenters. The van der Waals surface area contributed by atoms with Crippen molar-refractivity contribution in [1.82, 2.24) is 15.5 Å². The Hall–Kier alpha value is -1.63. The van der Waals surface area contributed by atoms with E-state index < -0.39 is 6.03 Å². The number of carbonyl (C=O) groups excluding carboxylic acids is 2. The summed E-state index contributed by atoms with van der Waals surface area (Å²) in [7, 11) is 0. The van der Waals surface area contributed by atoms with Crippen LogP contribution in [0.15, 0.2) is 18.2 Å². The zero-order valence-electron chi connectivity index (χ0n) is 13.8. The summed E-state index contributed by atoms with van der Waals surface area (Å²) >= 11 is 0. The van der Waals surface area contributed by atoms with Gasteiger partial charge in [0.05, 0.1) is 6.54 Å². The molecule has 1 aromatic rings. The molecule has 23 heavy (non-hydrogen) atoms. The van der Waals surface area contributed by atoms with E-state index >= 15 is 0 Å². The molecule has 0 bridgehead atoms. The van der Waals surface area contributed by atoms with E-state index in [0.717, 1.165) is 30.8 Å². The van der Waals surface area contributed by atoms with Crippen LogP contribution in [0.4, 0.5) is 10.5 Å². The second kappa shape index (κ2) is 8.86. The molecule has 0 aromatic heterocycles. The molecule has 1 aromatic carbocycles. The van der Waals surface area contributed by atoms with Crippen LogP contribution in [0.3, 0.4) is 0 Å². The van der Waals surface area contributed by atoms with Gasteiger partial charge in [0.2, 0.25) is 5.91 Å². The molecule has 7 heteroatoms. The third-order valence-corrected chi connectivity index (χ3v) is 4.00. The second-order valence-corrected chi connectivity index (χ2v) is 5.82. The number of aryl methyl sites for hydroxylation is 2. The average Bonchev–Trinajstić information content (AvgIpc) is 2.45. The predicted molar refractivity (Wildman–Crippen MR) is 94.2 cm³/mol. The van der Waals surface area contributed by atoms with Gasteiger partial charge >= 0.3 is 6.03 Å². The Kier molecular flexibility index (Phi) is 7.48. The van der Waals surface area contributed by atoms with Gasteiger partial charge in [-0.2, -0.15) is 0 Å². The largest absolute Gasteiger partial charge is 0.325 e. The monoisotopic (exact) mass is 340 g/mol. The van der Waals surface area contributed by atoms with E-state index in [0.29, 0.717) is 11.7 Å². The van der Waals surface area contributed by atoms with Crippen LogP contribution in [0.25, 0.3) is 0 Å². The molecular weight excluding hydrogens is 316 g/mol. The van der Waals surface area contributed by atoms with Gasteiger partial charge in [0.25, 0.3) is 0 Å². The topological polar surface area (TPSA) is 73.5 Å². The van der Waals surface area contributed by atoms with Crippen LogP contribution in [0.5, 0.6) is 0 Å². The molecule has 128 valence electrons. The van der Waals surface area contributed by atoms with Crippen molar-refractivity contribution >= 4 is 30.0 Å². The second-order valence-electron chi connectivity index (χ2n) is 5.82. The Morgan fingerprint density at radius 3 is 2.70 bits per heavy atom. The van der Waals surface area contributed by atoms with Crippen molar-refractivity contribution < 1.29 is 9.59 Å². The number of imide groups is 1. The number of hydrogen-bond acceptors (Lipinski definition) is 4. The molecule has 1 aliphatic rings. The van der Waals surface area contributed by atoms with Gasteiger partial charge in [-0.25, -0.2) is 4.79 Å². The van der Waals surface area contributed by atoms with Gasteiger partial charge in [-0.3, -0.25) is 15.0 Å². The van der Waals surface area contributed by atoms with E-state index in [9.17, 15) is 9.59 Å². The van der Waals surface area contributed by atoms with E-state index in [1.165, 1.54) is 0 Å². The van der Waals surface area contributed by atoms with Gasteiger partial charge in [0.15, 0.2) is 0 Å². The quantitative estimate of drug-likeness (QED) is 0.782. The first kappa shape index (κ1) is 19.4. The number of piperazine rings is 1. The fourth-order valence-corrected chi connectivity index (χ4v) is 2.45. The third-order valence-electron chi connectivity index (χ3n) is 4.00. The summed E-state index contributed by atoms with van der Waals surface area (Å²) in [6, 6.07) is 5.45. The zero-order chi connectivity index (χ0) is 16.1. The number of nitrogens with one attached hydrogen (secondary N) is 3. The molecule has 0 radical (unpaired) electrons. The number of rotatable bonds is 3. The normalized spacial score (nSPS) is 18.0. The smallest absolute Gasteiger partial charge is 0.314 e. The number of nitrogens with zero attached hydrogens (tertiary/aromatic N) is 1. The first-order chi connectivity index (χ1) is 10.5. The van der Waals surface area contributed by atoms with Crippen molar-refractivity contribution in [3.63, 3.8) is 0 Å². The molecule has 2 rings (SSSR count). The Morgan fingerprint density at radius 2 is 2.04 bits per heavy atom. The summed E-state index contributed by atoms with van der Waals surface area (Å²) in [6.07, 6.45) is 0. The molecule has 3 amide bonds. The third kappa shape index (κ3) is 5.82. The van der Waals surface area contributed by atoms with Crippen LogP contribution in [-0.4, -0.2) is 49.1 Å². The minimum Gasteiger partial charge on any atom is -0.314 e. The lowest BCUT2D eigenvalue weighted by Crippen LogP contribution is -2.53. The van der Waals surface area contributed by atoms with Crippen molar-refractivity contribution in [2.24, 2.45) is 0 Å². The van der Waals surface area contributed by atoms with Crippen LogP contribution >= 0.6 is 12.4 Å². The van der Waals surface area contributed by atoms with Gasteiger partial charge in [0.1, 0.15) is 0 Å². The minimum absolute atomic E-state index is 0. The molecule has 0 aliphatic carbocycles. The van der Waals surface area contributed by atoms with Crippen LogP contribution in [0.1, 0.15) is 18.1 Å². The summed E-state index contributed by atoms with van der Waals surface area (Å²) in [5.41, 5.74) is 2.94. The van der Waals surface area contributed by atoms with Crippen molar-refractivity contribution in [3.05, 3.63) is 29.3 Å². The average molecular weight is 341 g/mol. The first-order valence-electron chi connectivity index (χ1n) is 7.58. The fraction of sp³-hybridized carbons (Fsp3) is 0.500. The van der Waals surface area contributed by atoms with Crippen molar-refractivity contribution in [2.75, 3.05) is 31.5 Å². The van der Waals surface area contributed by atoms with E-state index in [4.69, 9.17) is 0 Å². The summed E-state index contributed by atoms with van der Waals surface area (Å²) in [5.74, 6) is -0.282. The van der Waals surface area contributed by atoms with E-state index in [2.05, 4.69) is 27.8 Å². The lowest BCUT2D eigenvalue weighted by Gasteiger charge is -2.33. The lowest BCUT2D eigenvalue weighted by molar-refractivity contribution is -0.121. The van der Waals surface area contributed by atoms with Gasteiger partial charge in [0, 0.05) is 31.4 Å². The molecule has 0 saturated carbocycles. The number of anilines is 1. The van der Waals surface area contributed by atoms with E-state index in [1.54, 1.807) is 0 Å². The van der Waals surface area contributed by atoms with Crippen LogP contribution in [0.2, 0.25) is 0 Å². The van der Waals surface area contributed by atoms with Crippen LogP contribution in [0, 0.1) is 13.8 Å². The Bertz CT molecular complexity index is 565. The lowest BCUT2D eigenvalue weighted by atomic mass is 10.1. The SMILES string of the molecule is Cc1ccc(NC(=O)NC(=O)CN2CCNC[C@H]2C)cc1C.Cl. The van der Waals surface area contributed by atoms with Gasteiger partial charge in [-0.1, -0.05) is 6.07 Å². The van der Waals surface area contributed by atoms with Gasteiger partial charge in [-0.05, 0) is 44.0 Å².